The van der Waals surface area contributed by atoms with E-state index in [1.54, 1.807) is 48.4 Å². The molecule has 1 aromatic heterocycles. The van der Waals surface area contributed by atoms with Crippen LogP contribution in [0.4, 0.5) is 25.0 Å². The van der Waals surface area contributed by atoms with E-state index in [2.05, 4.69) is 10.3 Å². The molecule has 0 radical (unpaired) electrons. The Labute approximate surface area is 251 Å². The SMILES string of the molecule is C[C@H]1C(=O)Nc2cc(N(C)C(=O)O)ccc2-c2ccnc(c2)[C@@H](N2CCC(c3c(F)ccc(Cl)c3F)=CC2=O)CCC1O. The molecule has 3 heterocycles. The number of halogens is 3. The quantitative estimate of drug-likeness (QED) is 0.318. The van der Waals surface area contributed by atoms with Crippen molar-refractivity contribution in [1.82, 2.24) is 9.88 Å². The van der Waals surface area contributed by atoms with Gasteiger partial charge in [-0.2, -0.15) is 0 Å². The lowest BCUT2D eigenvalue weighted by molar-refractivity contribution is -0.129. The van der Waals surface area contributed by atoms with Gasteiger partial charge >= 0.3 is 6.09 Å². The molecular formula is C31H29ClF2N4O5. The Morgan fingerprint density at radius 2 is 1.91 bits per heavy atom. The summed E-state index contributed by atoms with van der Waals surface area (Å²) in [5.74, 6) is -3.52. The van der Waals surface area contributed by atoms with Gasteiger partial charge in [0.25, 0.3) is 0 Å². The summed E-state index contributed by atoms with van der Waals surface area (Å²) in [5.41, 5.74) is 2.29. The summed E-state index contributed by atoms with van der Waals surface area (Å²) >= 11 is 5.87. The Morgan fingerprint density at radius 1 is 1.14 bits per heavy atom. The molecule has 2 aliphatic rings. The van der Waals surface area contributed by atoms with E-state index >= 15 is 0 Å². The van der Waals surface area contributed by atoms with Crippen LogP contribution in [0.1, 0.15) is 43.5 Å². The third-order valence-corrected chi connectivity index (χ3v) is 8.33. The first-order valence-corrected chi connectivity index (χ1v) is 14.0. The first-order chi connectivity index (χ1) is 20.5. The normalized spacial score (nSPS) is 20.7. The number of anilines is 2. The number of rotatable bonds is 3. The van der Waals surface area contributed by atoms with E-state index in [9.17, 15) is 33.4 Å². The standard InChI is InChI=1S/C31H29ClF2N4O5/c1-16-26(39)8-7-25(38-12-10-18(14-27(38)40)28-22(33)6-5-21(32)29(28)34)24-13-17(9-11-35-24)20-4-3-19(37(2)31(42)43)15-23(20)36-30(16)41/h3-6,9,11,13-16,25-26,39H,7-8,10,12H2,1-2H3,(H,36,41)(H,42,43)/t16-,25+,26?/m1/s1. The van der Waals surface area contributed by atoms with E-state index in [4.69, 9.17) is 11.6 Å². The Bertz CT molecular complexity index is 1650. The van der Waals surface area contributed by atoms with Crippen LogP contribution in [0.15, 0.2) is 54.7 Å². The lowest BCUT2D eigenvalue weighted by Crippen LogP contribution is -2.39. The monoisotopic (exact) mass is 610 g/mol. The van der Waals surface area contributed by atoms with E-state index < -0.39 is 47.6 Å². The maximum Gasteiger partial charge on any atom is 0.411 e. The molecule has 9 nitrogen and oxygen atoms in total. The van der Waals surface area contributed by atoms with Crippen molar-refractivity contribution in [2.24, 2.45) is 5.92 Å². The highest BCUT2D eigenvalue weighted by Crippen LogP contribution is 2.38. The molecule has 0 aliphatic carbocycles. The number of amides is 3. The summed E-state index contributed by atoms with van der Waals surface area (Å²) in [4.78, 5) is 45.3. The topological polar surface area (TPSA) is 123 Å². The number of aliphatic hydroxyl groups is 1. The molecule has 0 spiro atoms. The number of hydrogen-bond donors (Lipinski definition) is 3. The molecule has 43 heavy (non-hydrogen) atoms. The van der Waals surface area contributed by atoms with Gasteiger partial charge in [-0.15, -0.1) is 0 Å². The molecule has 3 N–H and O–H groups in total. The largest absolute Gasteiger partial charge is 0.465 e. The minimum absolute atomic E-state index is 0.125. The van der Waals surface area contributed by atoms with Crippen molar-refractivity contribution in [2.75, 3.05) is 23.8 Å². The summed E-state index contributed by atoms with van der Waals surface area (Å²) in [6.07, 6.45) is 1.08. The molecule has 2 aliphatic heterocycles. The number of nitrogens with one attached hydrogen (secondary N) is 1. The molecule has 0 saturated heterocycles. The fourth-order valence-corrected chi connectivity index (χ4v) is 5.61. The number of carboxylic acid groups (broad SMARTS) is 1. The van der Waals surface area contributed by atoms with Crippen LogP contribution in [0.5, 0.6) is 0 Å². The number of carbonyl (C=O) groups excluding carboxylic acids is 2. The second-order valence-electron chi connectivity index (χ2n) is 10.6. The number of nitrogens with zero attached hydrogens (tertiary/aromatic N) is 3. The van der Waals surface area contributed by atoms with Gasteiger partial charge < -0.3 is 20.4 Å². The van der Waals surface area contributed by atoms with E-state index in [1.807, 2.05) is 0 Å². The smallest absolute Gasteiger partial charge is 0.411 e. The van der Waals surface area contributed by atoms with Gasteiger partial charge in [0, 0.05) is 37.1 Å². The van der Waals surface area contributed by atoms with Gasteiger partial charge in [-0.05, 0) is 66.8 Å². The number of fused-ring (bicyclic) bond motifs is 4. The minimum atomic E-state index is -1.18. The van der Waals surface area contributed by atoms with Crippen molar-refractivity contribution in [3.05, 3.63) is 82.7 Å². The van der Waals surface area contributed by atoms with Gasteiger partial charge in [0.15, 0.2) is 5.82 Å². The highest BCUT2D eigenvalue weighted by atomic mass is 35.5. The van der Waals surface area contributed by atoms with Crippen LogP contribution < -0.4 is 10.2 Å². The highest BCUT2D eigenvalue weighted by molar-refractivity contribution is 6.31. The summed E-state index contributed by atoms with van der Waals surface area (Å²) < 4.78 is 29.3. The fourth-order valence-electron chi connectivity index (χ4n) is 5.45. The number of aromatic nitrogens is 1. The van der Waals surface area contributed by atoms with Crippen molar-refractivity contribution < 1.29 is 33.4 Å². The van der Waals surface area contributed by atoms with E-state index in [-0.39, 0.29) is 42.0 Å². The zero-order valence-electron chi connectivity index (χ0n) is 23.4. The molecular weight excluding hydrogens is 582 g/mol. The molecule has 3 aromatic rings. The maximum atomic E-state index is 14.7. The minimum Gasteiger partial charge on any atom is -0.465 e. The zero-order valence-corrected chi connectivity index (χ0v) is 24.1. The molecule has 3 atom stereocenters. The van der Waals surface area contributed by atoms with Crippen LogP contribution in [0.3, 0.4) is 0 Å². The molecule has 12 heteroatoms. The van der Waals surface area contributed by atoms with Crippen LogP contribution in [0, 0.1) is 17.6 Å². The Hall–Kier alpha value is -4.35. The summed E-state index contributed by atoms with van der Waals surface area (Å²) in [6.45, 7) is 1.71. The number of carbonyl (C=O) groups is 3. The van der Waals surface area contributed by atoms with Crippen molar-refractivity contribution in [3.8, 4) is 11.1 Å². The van der Waals surface area contributed by atoms with E-state index in [0.29, 0.717) is 28.2 Å². The number of aliphatic hydroxyl groups excluding tert-OH is 1. The molecule has 2 aromatic carbocycles. The Kier molecular flexibility index (Phi) is 8.48. The van der Waals surface area contributed by atoms with E-state index in [1.165, 1.54) is 13.1 Å². The number of pyridine rings is 1. The summed E-state index contributed by atoms with van der Waals surface area (Å²) in [6, 6.07) is 9.89. The summed E-state index contributed by atoms with van der Waals surface area (Å²) in [7, 11) is 1.38. The van der Waals surface area contributed by atoms with Crippen LogP contribution in [-0.2, 0) is 9.59 Å². The van der Waals surface area contributed by atoms with Crippen molar-refractivity contribution >= 4 is 46.5 Å². The lowest BCUT2D eigenvalue weighted by Gasteiger charge is -2.35. The van der Waals surface area contributed by atoms with Gasteiger partial charge in [-0.3, -0.25) is 19.5 Å². The molecule has 5 rings (SSSR count). The van der Waals surface area contributed by atoms with Crippen molar-refractivity contribution in [1.29, 1.82) is 0 Å². The average molecular weight is 611 g/mol. The third kappa shape index (κ3) is 5.95. The Balaban J connectivity index is 1.56. The van der Waals surface area contributed by atoms with E-state index in [0.717, 1.165) is 17.0 Å². The maximum absolute atomic E-state index is 14.7. The third-order valence-electron chi connectivity index (χ3n) is 8.04. The molecule has 0 fully saturated rings. The molecule has 224 valence electrons. The van der Waals surface area contributed by atoms with Crippen LogP contribution >= 0.6 is 11.6 Å². The zero-order chi connectivity index (χ0) is 31.0. The second kappa shape index (κ2) is 12.1. The average Bonchev–Trinajstić information content (AvgIpc) is 2.98. The molecule has 1 unspecified atom stereocenters. The molecule has 2 bridgehead atoms. The van der Waals surface area contributed by atoms with Crippen LogP contribution in [0.2, 0.25) is 5.02 Å². The Morgan fingerprint density at radius 3 is 2.63 bits per heavy atom. The second-order valence-corrected chi connectivity index (χ2v) is 11.1. The van der Waals surface area contributed by atoms with Gasteiger partial charge in [-0.25, -0.2) is 13.6 Å². The first kappa shape index (κ1) is 30.1. The van der Waals surface area contributed by atoms with Crippen LogP contribution in [-0.4, -0.2) is 57.7 Å². The van der Waals surface area contributed by atoms with Crippen molar-refractivity contribution in [2.45, 2.75) is 38.3 Å². The molecule has 3 amide bonds. The first-order valence-electron chi connectivity index (χ1n) is 13.7. The number of hydrogen-bond acceptors (Lipinski definition) is 5. The lowest BCUT2D eigenvalue weighted by atomic mass is 9.91. The van der Waals surface area contributed by atoms with Gasteiger partial charge in [-0.1, -0.05) is 24.6 Å². The predicted molar refractivity (Wildman–Crippen MR) is 158 cm³/mol. The van der Waals surface area contributed by atoms with Crippen LogP contribution in [0.25, 0.3) is 16.7 Å². The fraction of sp³-hybridized carbons (Fsp3) is 0.290. The number of benzene rings is 2. The van der Waals surface area contributed by atoms with Gasteiger partial charge in [0.05, 0.1) is 40.0 Å². The molecule has 0 saturated carbocycles. The van der Waals surface area contributed by atoms with Gasteiger partial charge in [0.1, 0.15) is 5.82 Å². The van der Waals surface area contributed by atoms with Crippen molar-refractivity contribution in [3.63, 3.8) is 0 Å². The van der Waals surface area contributed by atoms with Gasteiger partial charge in [0.2, 0.25) is 11.8 Å². The highest BCUT2D eigenvalue weighted by Gasteiger charge is 2.33. The predicted octanol–water partition coefficient (Wildman–Crippen LogP) is 5.88. The summed E-state index contributed by atoms with van der Waals surface area (Å²) in [5, 5.41) is 23.0.